The van der Waals surface area contributed by atoms with Crippen molar-refractivity contribution in [3.05, 3.63) is 53.6 Å². The number of amides is 1. The molecule has 0 saturated heterocycles. The van der Waals surface area contributed by atoms with Crippen LogP contribution in [0, 0.1) is 0 Å². The molecule has 0 unspecified atom stereocenters. The molecule has 0 spiro atoms. The average Bonchev–Trinajstić information content (AvgIpc) is 2.71. The molecule has 0 heterocycles. The number of rotatable bonds is 8. The van der Waals surface area contributed by atoms with Gasteiger partial charge in [-0.05, 0) is 66.8 Å². The van der Waals surface area contributed by atoms with Gasteiger partial charge in [0.05, 0.1) is 12.0 Å². The van der Waals surface area contributed by atoms with Crippen molar-refractivity contribution in [1.29, 1.82) is 0 Å². The summed E-state index contributed by atoms with van der Waals surface area (Å²) in [6.45, 7) is -0.434. The highest BCUT2D eigenvalue weighted by molar-refractivity contribution is 7.89. The van der Waals surface area contributed by atoms with Gasteiger partial charge in [-0.1, -0.05) is 6.07 Å². The van der Waals surface area contributed by atoms with Crippen LogP contribution in [-0.4, -0.2) is 39.7 Å². The third-order valence-corrected chi connectivity index (χ3v) is 6.34. The van der Waals surface area contributed by atoms with Crippen LogP contribution in [0.1, 0.15) is 24.0 Å². The largest absolute Gasteiger partial charge is 0.497 e. The second-order valence-electron chi connectivity index (χ2n) is 6.96. The summed E-state index contributed by atoms with van der Waals surface area (Å²) in [6.07, 6.45) is 1.99. The van der Waals surface area contributed by atoms with Crippen LogP contribution >= 0.6 is 0 Å². The van der Waals surface area contributed by atoms with E-state index in [1.165, 1.54) is 24.3 Å². The number of nitrogens with two attached hydrogens (primary N) is 1. The summed E-state index contributed by atoms with van der Waals surface area (Å²) in [7, 11) is -2.26. The van der Waals surface area contributed by atoms with Gasteiger partial charge in [-0.2, -0.15) is 0 Å². The minimum Gasteiger partial charge on any atom is -0.497 e. The number of aliphatic hydroxyl groups is 1. The van der Waals surface area contributed by atoms with Crippen LogP contribution in [0.4, 0.5) is 0 Å². The molecule has 0 aromatic heterocycles. The molecule has 1 amide bonds. The highest BCUT2D eigenvalue weighted by Gasteiger charge is 2.35. The molecule has 1 atom stereocenters. The molecule has 1 aliphatic carbocycles. The summed E-state index contributed by atoms with van der Waals surface area (Å²) < 4.78 is 38.2. The van der Waals surface area contributed by atoms with Crippen LogP contribution in [0.3, 0.4) is 0 Å². The standard InChI is InChI=1S/C20H24N2O6S/c1-27-16-6-9-18-14(11-16)3-2-10-20(18,24)13-22-29(25,26)17-7-4-15(5-8-17)28-12-19(21)23/h4-9,11,22,24H,2-3,10,12-13H2,1H3,(H2,21,23)/t20-/m1/s1. The van der Waals surface area contributed by atoms with Gasteiger partial charge in [0.15, 0.2) is 6.61 Å². The lowest BCUT2D eigenvalue weighted by atomic mass is 9.79. The summed E-state index contributed by atoms with van der Waals surface area (Å²) in [5.74, 6) is 0.408. The fraction of sp³-hybridized carbons (Fsp3) is 0.350. The third kappa shape index (κ3) is 4.87. The minimum absolute atomic E-state index is 0.0262. The molecule has 1 aliphatic rings. The molecule has 2 aromatic carbocycles. The van der Waals surface area contributed by atoms with Crippen LogP contribution in [-0.2, 0) is 26.8 Å². The van der Waals surface area contributed by atoms with E-state index in [1.807, 2.05) is 6.07 Å². The van der Waals surface area contributed by atoms with Crippen molar-refractivity contribution in [2.45, 2.75) is 29.8 Å². The van der Waals surface area contributed by atoms with Crippen LogP contribution in [0.25, 0.3) is 0 Å². The Balaban J connectivity index is 1.73. The number of benzene rings is 2. The van der Waals surface area contributed by atoms with Gasteiger partial charge in [-0.3, -0.25) is 4.79 Å². The van der Waals surface area contributed by atoms with Gasteiger partial charge < -0.3 is 20.3 Å². The Kier molecular flexibility index (Phi) is 6.11. The van der Waals surface area contributed by atoms with Gasteiger partial charge in [0.25, 0.3) is 5.91 Å². The third-order valence-electron chi connectivity index (χ3n) is 4.92. The Bertz CT molecular complexity index is 991. The van der Waals surface area contributed by atoms with Gasteiger partial charge in [0.2, 0.25) is 10.0 Å². The number of primary amides is 1. The smallest absolute Gasteiger partial charge is 0.255 e. The van der Waals surface area contributed by atoms with Crippen molar-refractivity contribution < 1.29 is 27.8 Å². The molecule has 156 valence electrons. The molecule has 3 rings (SSSR count). The molecule has 4 N–H and O–H groups in total. The molecule has 0 bridgehead atoms. The fourth-order valence-electron chi connectivity index (χ4n) is 3.41. The Labute approximate surface area is 169 Å². The summed E-state index contributed by atoms with van der Waals surface area (Å²) in [6, 6.07) is 11.0. The average molecular weight is 420 g/mol. The van der Waals surface area contributed by atoms with Crippen molar-refractivity contribution in [2.24, 2.45) is 5.73 Å². The van der Waals surface area contributed by atoms with Crippen molar-refractivity contribution in [3.63, 3.8) is 0 Å². The first kappa shape index (κ1) is 21.1. The normalized spacial score (nSPS) is 18.7. The van der Waals surface area contributed by atoms with E-state index in [-0.39, 0.29) is 18.0 Å². The predicted octanol–water partition coefficient (Wildman–Crippen LogP) is 1.06. The zero-order valence-corrected chi connectivity index (χ0v) is 16.9. The van der Waals surface area contributed by atoms with E-state index in [0.29, 0.717) is 23.5 Å². The van der Waals surface area contributed by atoms with E-state index in [2.05, 4.69) is 4.72 Å². The summed E-state index contributed by atoms with van der Waals surface area (Å²) >= 11 is 0. The number of fused-ring (bicyclic) bond motifs is 1. The molecule has 8 nitrogen and oxygen atoms in total. The summed E-state index contributed by atoms with van der Waals surface area (Å²) in [4.78, 5) is 10.8. The van der Waals surface area contributed by atoms with Crippen LogP contribution in [0.2, 0.25) is 0 Å². The Hall–Kier alpha value is -2.62. The number of carbonyl (C=O) groups excluding carboxylic acids is 1. The summed E-state index contributed by atoms with van der Waals surface area (Å²) in [5, 5.41) is 11.1. The number of hydrogen-bond acceptors (Lipinski definition) is 6. The second kappa shape index (κ2) is 8.40. The number of hydrogen-bond donors (Lipinski definition) is 3. The molecule has 0 radical (unpaired) electrons. The van der Waals surface area contributed by atoms with E-state index in [4.69, 9.17) is 15.2 Å². The van der Waals surface area contributed by atoms with Crippen molar-refractivity contribution in [2.75, 3.05) is 20.3 Å². The number of sulfonamides is 1. The zero-order chi connectivity index (χ0) is 21.1. The predicted molar refractivity (Wildman–Crippen MR) is 106 cm³/mol. The molecule has 0 aliphatic heterocycles. The van der Waals surface area contributed by atoms with E-state index in [0.717, 1.165) is 18.4 Å². The lowest BCUT2D eigenvalue weighted by Crippen LogP contribution is -2.42. The number of aryl methyl sites for hydroxylation is 1. The molecular formula is C20H24N2O6S. The first-order valence-corrected chi connectivity index (χ1v) is 10.6. The van der Waals surface area contributed by atoms with Crippen molar-refractivity contribution in [1.82, 2.24) is 4.72 Å². The fourth-order valence-corrected chi connectivity index (χ4v) is 4.50. The number of methoxy groups -OCH3 is 1. The maximum atomic E-state index is 12.6. The molecule has 29 heavy (non-hydrogen) atoms. The van der Waals surface area contributed by atoms with Gasteiger partial charge in [-0.15, -0.1) is 0 Å². The number of carbonyl (C=O) groups is 1. The first-order valence-electron chi connectivity index (χ1n) is 9.14. The van der Waals surface area contributed by atoms with Crippen molar-refractivity contribution in [3.8, 4) is 11.5 Å². The molecule has 9 heteroatoms. The Morgan fingerprint density at radius 1 is 1.21 bits per heavy atom. The maximum Gasteiger partial charge on any atom is 0.255 e. The molecular weight excluding hydrogens is 396 g/mol. The Morgan fingerprint density at radius 2 is 1.90 bits per heavy atom. The SMILES string of the molecule is COc1ccc2c(c1)CCC[C@@]2(O)CNS(=O)(=O)c1ccc(OCC(N)=O)cc1. The highest BCUT2D eigenvalue weighted by atomic mass is 32.2. The van der Waals surface area contributed by atoms with E-state index in [1.54, 1.807) is 19.2 Å². The first-order chi connectivity index (χ1) is 13.7. The topological polar surface area (TPSA) is 128 Å². The van der Waals surface area contributed by atoms with Crippen molar-refractivity contribution >= 4 is 15.9 Å². The van der Waals surface area contributed by atoms with Crippen LogP contribution in [0.15, 0.2) is 47.4 Å². The van der Waals surface area contributed by atoms with Gasteiger partial charge in [0, 0.05) is 6.54 Å². The minimum atomic E-state index is -3.84. The number of nitrogens with one attached hydrogen (secondary N) is 1. The van der Waals surface area contributed by atoms with E-state index < -0.39 is 21.5 Å². The van der Waals surface area contributed by atoms with E-state index >= 15 is 0 Å². The van der Waals surface area contributed by atoms with Gasteiger partial charge in [0.1, 0.15) is 17.1 Å². The second-order valence-corrected chi connectivity index (χ2v) is 8.73. The molecule has 0 saturated carbocycles. The lowest BCUT2D eigenvalue weighted by Gasteiger charge is -2.34. The highest BCUT2D eigenvalue weighted by Crippen LogP contribution is 2.37. The monoisotopic (exact) mass is 420 g/mol. The van der Waals surface area contributed by atoms with Gasteiger partial charge in [-0.25, -0.2) is 13.1 Å². The van der Waals surface area contributed by atoms with Gasteiger partial charge >= 0.3 is 0 Å². The van der Waals surface area contributed by atoms with Crippen LogP contribution in [0.5, 0.6) is 11.5 Å². The Morgan fingerprint density at radius 3 is 2.55 bits per heavy atom. The quantitative estimate of drug-likeness (QED) is 0.586. The molecule has 0 fully saturated rings. The zero-order valence-electron chi connectivity index (χ0n) is 16.1. The van der Waals surface area contributed by atoms with E-state index in [9.17, 15) is 18.3 Å². The van der Waals surface area contributed by atoms with Crippen LogP contribution < -0.4 is 19.9 Å². The number of ether oxygens (including phenoxy) is 2. The summed E-state index contributed by atoms with van der Waals surface area (Å²) in [5.41, 5.74) is 5.38. The lowest BCUT2D eigenvalue weighted by molar-refractivity contribution is -0.119. The molecule has 2 aromatic rings. The maximum absolute atomic E-state index is 12.6.